The van der Waals surface area contributed by atoms with Gasteiger partial charge < -0.3 is 24.1 Å². The second-order valence-corrected chi connectivity index (χ2v) is 7.12. The number of alkyl halides is 3. The fourth-order valence-corrected chi connectivity index (χ4v) is 3.30. The van der Waals surface area contributed by atoms with E-state index < -0.39 is 23.9 Å². The molecular weight excluding hydrogens is 417 g/mol. The summed E-state index contributed by atoms with van der Waals surface area (Å²) in [4.78, 5) is 25.8. The van der Waals surface area contributed by atoms with Gasteiger partial charge in [-0.3, -0.25) is 9.59 Å². The Kier molecular flexibility index (Phi) is 7.21. The van der Waals surface area contributed by atoms with Crippen molar-refractivity contribution in [2.75, 3.05) is 26.8 Å². The summed E-state index contributed by atoms with van der Waals surface area (Å²) in [6.45, 7) is 1.15. The highest BCUT2D eigenvalue weighted by Crippen LogP contribution is 2.33. The lowest BCUT2D eigenvalue weighted by Gasteiger charge is -2.32. The molecule has 1 N–H and O–H groups in total. The Balaban J connectivity index is 1.55. The number of furan rings is 1. The minimum absolute atomic E-state index is 0.0458. The molecule has 2 amide bonds. The quantitative estimate of drug-likeness (QED) is 0.715. The van der Waals surface area contributed by atoms with Crippen molar-refractivity contribution in [2.24, 2.45) is 0 Å². The number of halogens is 3. The average Bonchev–Trinajstić information content (AvgIpc) is 3.26. The van der Waals surface area contributed by atoms with Crippen LogP contribution in [-0.4, -0.2) is 55.8 Å². The van der Waals surface area contributed by atoms with Crippen molar-refractivity contribution in [1.82, 2.24) is 10.2 Å². The summed E-state index contributed by atoms with van der Waals surface area (Å²) < 4.78 is 55.4. The van der Waals surface area contributed by atoms with Crippen LogP contribution in [0.25, 0.3) is 0 Å². The first kappa shape index (κ1) is 22.7. The van der Waals surface area contributed by atoms with Crippen molar-refractivity contribution in [3.63, 3.8) is 0 Å². The van der Waals surface area contributed by atoms with Gasteiger partial charge >= 0.3 is 6.18 Å². The van der Waals surface area contributed by atoms with Crippen molar-refractivity contribution in [3.05, 3.63) is 54.0 Å². The van der Waals surface area contributed by atoms with Crippen LogP contribution in [0.3, 0.4) is 0 Å². The maximum atomic E-state index is 13.3. The second-order valence-electron chi connectivity index (χ2n) is 7.12. The van der Waals surface area contributed by atoms with Crippen LogP contribution < -0.4 is 10.1 Å². The van der Waals surface area contributed by atoms with Gasteiger partial charge in [0.1, 0.15) is 24.2 Å². The van der Waals surface area contributed by atoms with Gasteiger partial charge in [0, 0.05) is 38.6 Å². The monoisotopic (exact) mass is 440 g/mol. The normalized spacial score (nSPS) is 16.1. The van der Waals surface area contributed by atoms with Gasteiger partial charge in [0.05, 0.1) is 6.26 Å². The number of hydrogen-bond acceptors (Lipinski definition) is 5. The number of nitrogens with one attached hydrogen (secondary N) is 1. The molecule has 1 aliphatic rings. The van der Waals surface area contributed by atoms with Crippen molar-refractivity contribution >= 4 is 11.8 Å². The summed E-state index contributed by atoms with van der Waals surface area (Å²) >= 11 is 0. The van der Waals surface area contributed by atoms with Crippen LogP contribution >= 0.6 is 0 Å². The summed E-state index contributed by atoms with van der Waals surface area (Å²) in [5, 5.41) is 1.96. The number of ether oxygens (including phenoxy) is 2. The van der Waals surface area contributed by atoms with E-state index >= 15 is 0 Å². The Bertz CT molecular complexity index is 860. The molecule has 0 saturated carbocycles. The van der Waals surface area contributed by atoms with E-state index in [1.165, 1.54) is 37.4 Å². The molecule has 0 bridgehead atoms. The molecule has 0 spiro atoms. The summed E-state index contributed by atoms with van der Waals surface area (Å²) in [5.41, 5.74) is 0.0631. The number of carbonyl (C=O) groups is 2. The lowest BCUT2D eigenvalue weighted by Crippen LogP contribution is -2.43. The van der Waals surface area contributed by atoms with Crippen LogP contribution in [0.5, 0.6) is 5.75 Å². The zero-order chi connectivity index (χ0) is 22.4. The minimum Gasteiger partial charge on any atom is -0.490 e. The molecule has 10 heteroatoms. The first-order valence-electron chi connectivity index (χ1n) is 9.72. The molecular formula is C21H23F3N2O5. The van der Waals surface area contributed by atoms with Gasteiger partial charge in [-0.1, -0.05) is 0 Å². The molecule has 2 heterocycles. The molecule has 3 rings (SSSR count). The SMILES string of the molecule is COCC(=O)N1CCC(Oc2ccc(C(=O)NC(c3ccco3)C(F)(F)F)cc2)CC1. The van der Waals surface area contributed by atoms with Gasteiger partial charge in [0.2, 0.25) is 5.91 Å². The first-order chi connectivity index (χ1) is 14.8. The molecule has 1 unspecified atom stereocenters. The van der Waals surface area contributed by atoms with Crippen molar-refractivity contribution in [2.45, 2.75) is 31.2 Å². The Labute approximate surface area is 177 Å². The fourth-order valence-electron chi connectivity index (χ4n) is 3.30. The number of methoxy groups -OCH3 is 1. The molecule has 31 heavy (non-hydrogen) atoms. The maximum absolute atomic E-state index is 13.3. The predicted molar refractivity (Wildman–Crippen MR) is 104 cm³/mol. The van der Waals surface area contributed by atoms with E-state index in [0.717, 1.165) is 12.3 Å². The van der Waals surface area contributed by atoms with Gasteiger partial charge in [0.15, 0.2) is 6.04 Å². The van der Waals surface area contributed by atoms with Gasteiger partial charge in [-0.05, 0) is 36.4 Å². The van der Waals surface area contributed by atoms with Gasteiger partial charge in [-0.2, -0.15) is 13.2 Å². The Morgan fingerprint density at radius 1 is 1.19 bits per heavy atom. The van der Waals surface area contributed by atoms with Crippen molar-refractivity contribution in [3.8, 4) is 5.75 Å². The summed E-state index contributed by atoms with van der Waals surface area (Å²) in [6, 6.07) is 6.11. The first-order valence-corrected chi connectivity index (χ1v) is 9.72. The van der Waals surface area contributed by atoms with Crippen LogP contribution in [0.15, 0.2) is 47.1 Å². The molecule has 1 fully saturated rings. The molecule has 1 saturated heterocycles. The Morgan fingerprint density at radius 2 is 1.87 bits per heavy atom. The number of amides is 2. The molecule has 1 aromatic heterocycles. The van der Waals surface area contributed by atoms with Crippen LogP contribution in [-0.2, 0) is 9.53 Å². The molecule has 0 aliphatic carbocycles. The number of piperidine rings is 1. The van der Waals surface area contributed by atoms with Crippen LogP contribution in [0.4, 0.5) is 13.2 Å². The maximum Gasteiger partial charge on any atom is 0.415 e. The Hall–Kier alpha value is -3.01. The van der Waals surface area contributed by atoms with E-state index in [0.29, 0.717) is 31.7 Å². The fraction of sp³-hybridized carbons (Fsp3) is 0.429. The number of nitrogens with zero attached hydrogens (tertiary/aromatic N) is 1. The molecule has 1 aromatic carbocycles. The number of likely N-dealkylation sites (tertiary alicyclic amines) is 1. The van der Waals surface area contributed by atoms with E-state index in [2.05, 4.69) is 0 Å². The number of benzene rings is 1. The predicted octanol–water partition coefficient (Wildman–Crippen LogP) is 3.33. The van der Waals surface area contributed by atoms with Gasteiger partial charge in [-0.25, -0.2) is 0 Å². The van der Waals surface area contributed by atoms with Gasteiger partial charge in [0.25, 0.3) is 5.91 Å². The second kappa shape index (κ2) is 9.86. The Morgan fingerprint density at radius 3 is 2.42 bits per heavy atom. The van der Waals surface area contributed by atoms with E-state index in [9.17, 15) is 22.8 Å². The van der Waals surface area contributed by atoms with Crippen LogP contribution in [0, 0.1) is 0 Å². The standard InChI is InChI=1S/C21H23F3N2O5/c1-29-13-18(27)26-10-8-16(9-11-26)31-15-6-4-14(5-7-15)20(28)25-19(21(22,23)24)17-3-2-12-30-17/h2-7,12,16,19H,8-11,13H2,1H3,(H,25,28). The van der Waals surface area contributed by atoms with E-state index in [1.807, 2.05) is 5.32 Å². The van der Waals surface area contributed by atoms with Crippen molar-refractivity contribution < 1.29 is 36.7 Å². The van der Waals surface area contributed by atoms with E-state index in [-0.39, 0.29) is 24.2 Å². The highest BCUT2D eigenvalue weighted by atomic mass is 19.4. The minimum atomic E-state index is -4.70. The molecule has 168 valence electrons. The zero-order valence-corrected chi connectivity index (χ0v) is 16.9. The molecule has 1 aliphatic heterocycles. The zero-order valence-electron chi connectivity index (χ0n) is 16.9. The van der Waals surface area contributed by atoms with Crippen LogP contribution in [0.1, 0.15) is 35.0 Å². The summed E-state index contributed by atoms with van der Waals surface area (Å²) in [6.07, 6.45) is -2.39. The van der Waals surface area contributed by atoms with Crippen LogP contribution in [0.2, 0.25) is 0 Å². The highest BCUT2D eigenvalue weighted by Gasteiger charge is 2.44. The number of rotatable bonds is 7. The van der Waals surface area contributed by atoms with Crippen molar-refractivity contribution in [1.29, 1.82) is 0 Å². The molecule has 0 radical (unpaired) electrons. The third kappa shape index (κ3) is 6.00. The molecule has 1 atom stereocenters. The summed E-state index contributed by atoms with van der Waals surface area (Å²) in [5.74, 6) is -0.842. The van der Waals surface area contributed by atoms with E-state index in [1.54, 1.807) is 4.90 Å². The molecule has 2 aromatic rings. The number of hydrogen-bond donors (Lipinski definition) is 1. The molecule has 7 nitrogen and oxygen atoms in total. The third-order valence-corrected chi connectivity index (χ3v) is 4.91. The topological polar surface area (TPSA) is 81.0 Å². The van der Waals surface area contributed by atoms with Gasteiger partial charge in [-0.15, -0.1) is 0 Å². The lowest BCUT2D eigenvalue weighted by molar-refractivity contribution is -0.159. The van der Waals surface area contributed by atoms with E-state index in [4.69, 9.17) is 13.9 Å². The summed E-state index contributed by atoms with van der Waals surface area (Å²) in [7, 11) is 1.47. The average molecular weight is 440 g/mol. The smallest absolute Gasteiger partial charge is 0.415 e. The third-order valence-electron chi connectivity index (χ3n) is 4.91. The lowest BCUT2D eigenvalue weighted by atomic mass is 10.1. The number of carbonyl (C=O) groups excluding carboxylic acids is 2. The highest BCUT2D eigenvalue weighted by molar-refractivity contribution is 5.94. The largest absolute Gasteiger partial charge is 0.490 e.